The van der Waals surface area contributed by atoms with Gasteiger partial charge in [0.2, 0.25) is 0 Å². The molecule has 1 fully saturated rings. The molecule has 172 valence electrons. The lowest BCUT2D eigenvalue weighted by Gasteiger charge is -2.36. The Morgan fingerprint density at radius 2 is 2.00 bits per heavy atom. The third kappa shape index (κ3) is 4.80. The lowest BCUT2D eigenvalue weighted by Crippen LogP contribution is -2.37. The average Bonchev–Trinajstić information content (AvgIpc) is 3.23. The van der Waals surface area contributed by atoms with Gasteiger partial charge in [0, 0.05) is 11.5 Å². The highest BCUT2D eigenvalue weighted by molar-refractivity contribution is 8.29. The van der Waals surface area contributed by atoms with Crippen LogP contribution in [-0.2, 0) is 13.7 Å². The zero-order valence-electron chi connectivity index (χ0n) is 16.4. The van der Waals surface area contributed by atoms with Gasteiger partial charge in [-0.3, -0.25) is 9.36 Å². The zero-order chi connectivity index (χ0) is 22.9. The summed E-state index contributed by atoms with van der Waals surface area (Å²) < 4.78 is 12.3. The van der Waals surface area contributed by atoms with Crippen LogP contribution in [0, 0.1) is 0 Å². The third-order valence-corrected chi connectivity index (χ3v) is 7.64. The highest BCUT2D eigenvalue weighted by Crippen LogP contribution is 2.49. The number of hydrogen-bond donors (Lipinski definition) is 6. The molecule has 1 aliphatic rings. The number of carboxylic acid groups (broad SMARTS) is 2. The molecule has 0 saturated carbocycles. The Morgan fingerprint density at radius 3 is 2.65 bits per heavy atom. The standard InChI is InChI=1S/C16H24N6O8S/c1-31(30-16(27)28,3-2-7(17)15(25)26)4-8-10(23)11(24)14(29-8)22-6-21-9-12(18)19-5-20-13(9)22/h5-8,10-11,14,23-24H,2-4,17H2,1H3,(H,25,26)(H,27,28)(H2,18,19,20)/t7-,8+,10+,11+,14+/m0/s1. The van der Waals surface area contributed by atoms with Gasteiger partial charge >= 0.3 is 12.1 Å². The van der Waals surface area contributed by atoms with Crippen LogP contribution in [0.2, 0.25) is 0 Å². The normalized spacial score (nSPS) is 27.5. The van der Waals surface area contributed by atoms with Gasteiger partial charge in [0.05, 0.1) is 12.4 Å². The largest absolute Gasteiger partial charge is 0.516 e. The van der Waals surface area contributed by atoms with E-state index in [0.29, 0.717) is 5.52 Å². The molecule has 0 aliphatic carbocycles. The number of imidazole rings is 1. The molecule has 2 aromatic rings. The minimum atomic E-state index is -2.46. The predicted octanol–water partition coefficient (Wildman–Crippen LogP) is -1.13. The molecule has 1 saturated heterocycles. The number of carboxylic acids is 1. The fourth-order valence-electron chi connectivity index (χ4n) is 3.33. The molecule has 14 nitrogen and oxygen atoms in total. The van der Waals surface area contributed by atoms with Crippen molar-refractivity contribution in [1.82, 2.24) is 19.5 Å². The van der Waals surface area contributed by atoms with E-state index in [1.165, 1.54) is 23.5 Å². The minimum absolute atomic E-state index is 0.0361. The molecular weight excluding hydrogens is 436 g/mol. The summed E-state index contributed by atoms with van der Waals surface area (Å²) in [5.74, 6) is -1.13. The minimum Gasteiger partial charge on any atom is -0.480 e. The second-order valence-corrected chi connectivity index (χ2v) is 10.5. The Bertz CT molecular complexity index is 975. The quantitative estimate of drug-likeness (QED) is 0.274. The van der Waals surface area contributed by atoms with Crippen molar-refractivity contribution in [3.8, 4) is 0 Å². The number of aliphatic carboxylic acids is 1. The van der Waals surface area contributed by atoms with Crippen LogP contribution in [0.5, 0.6) is 0 Å². The number of fused-ring (bicyclic) bond motifs is 1. The van der Waals surface area contributed by atoms with E-state index in [1.54, 1.807) is 0 Å². The topological polar surface area (TPSA) is 229 Å². The molecule has 0 aromatic carbocycles. The first-order valence-electron chi connectivity index (χ1n) is 9.11. The molecule has 0 spiro atoms. The van der Waals surface area contributed by atoms with Crippen molar-refractivity contribution < 1.29 is 38.9 Å². The van der Waals surface area contributed by atoms with Gasteiger partial charge < -0.3 is 40.8 Å². The van der Waals surface area contributed by atoms with Gasteiger partial charge in [0.15, 0.2) is 17.7 Å². The van der Waals surface area contributed by atoms with Crippen molar-refractivity contribution >= 4 is 39.4 Å². The molecule has 31 heavy (non-hydrogen) atoms. The Balaban J connectivity index is 1.80. The number of aliphatic hydroxyl groups excluding tert-OH is 2. The number of aromatic nitrogens is 4. The van der Waals surface area contributed by atoms with Crippen molar-refractivity contribution in [2.24, 2.45) is 5.73 Å². The fourth-order valence-corrected chi connectivity index (χ4v) is 5.72. The number of ether oxygens (including phenoxy) is 1. The number of nitrogen functional groups attached to an aromatic ring is 1. The van der Waals surface area contributed by atoms with Crippen LogP contribution in [0.25, 0.3) is 11.2 Å². The highest BCUT2D eigenvalue weighted by atomic mass is 32.3. The van der Waals surface area contributed by atoms with E-state index in [4.69, 9.17) is 30.6 Å². The van der Waals surface area contributed by atoms with E-state index < -0.39 is 53.0 Å². The van der Waals surface area contributed by atoms with Crippen LogP contribution in [-0.4, -0.2) is 94.2 Å². The fraction of sp³-hybridized carbons (Fsp3) is 0.562. The van der Waals surface area contributed by atoms with Crippen LogP contribution in [0.4, 0.5) is 10.6 Å². The van der Waals surface area contributed by atoms with Crippen molar-refractivity contribution in [2.45, 2.75) is 37.0 Å². The second-order valence-electron chi connectivity index (χ2n) is 7.27. The Hall–Kier alpha value is -2.72. The summed E-state index contributed by atoms with van der Waals surface area (Å²) in [6.07, 6.45) is -2.34. The third-order valence-electron chi connectivity index (χ3n) is 4.97. The summed E-state index contributed by atoms with van der Waals surface area (Å²) in [4.78, 5) is 34.2. The average molecular weight is 460 g/mol. The van der Waals surface area contributed by atoms with Crippen molar-refractivity contribution in [2.75, 3.05) is 23.5 Å². The molecular formula is C16H24N6O8S. The molecule has 8 N–H and O–H groups in total. The zero-order valence-corrected chi connectivity index (χ0v) is 17.3. The first-order valence-corrected chi connectivity index (χ1v) is 11.4. The molecule has 1 unspecified atom stereocenters. The molecule has 3 heterocycles. The van der Waals surface area contributed by atoms with Crippen molar-refractivity contribution in [3.05, 3.63) is 12.7 Å². The first-order chi connectivity index (χ1) is 14.5. The number of carbonyl (C=O) groups is 2. The predicted molar refractivity (Wildman–Crippen MR) is 108 cm³/mol. The second kappa shape index (κ2) is 8.80. The summed E-state index contributed by atoms with van der Waals surface area (Å²) in [5, 5.41) is 39.2. The van der Waals surface area contributed by atoms with Gasteiger partial charge in [0.1, 0.15) is 30.1 Å². The summed E-state index contributed by atoms with van der Waals surface area (Å²) in [7, 11) is -2.46. The summed E-state index contributed by atoms with van der Waals surface area (Å²) in [5.41, 5.74) is 11.9. The molecule has 2 aromatic heterocycles. The smallest absolute Gasteiger partial charge is 0.480 e. The van der Waals surface area contributed by atoms with Gasteiger partial charge in [-0.25, -0.2) is 19.7 Å². The highest BCUT2D eigenvalue weighted by Gasteiger charge is 2.47. The van der Waals surface area contributed by atoms with Gasteiger partial charge in [-0.2, -0.15) is 0 Å². The van der Waals surface area contributed by atoms with E-state index in [1.807, 2.05) is 0 Å². The van der Waals surface area contributed by atoms with Crippen molar-refractivity contribution in [1.29, 1.82) is 0 Å². The number of hydrogen-bond acceptors (Lipinski definition) is 11. The van der Waals surface area contributed by atoms with Crippen LogP contribution >= 0.6 is 10.3 Å². The number of anilines is 1. The SMILES string of the molecule is CS(CC[C@H](N)C(=O)O)(C[C@H]1O[C@@H](n2cnc3c(N)ncnc32)[C@H](O)[C@@H]1O)OC(=O)O. The van der Waals surface area contributed by atoms with Crippen molar-refractivity contribution in [3.63, 3.8) is 0 Å². The molecule has 0 radical (unpaired) electrons. The number of nitrogens with zero attached hydrogens (tertiary/aromatic N) is 4. The molecule has 1 aliphatic heterocycles. The molecule has 0 amide bonds. The van der Waals surface area contributed by atoms with E-state index in [0.717, 1.165) is 0 Å². The molecule has 3 rings (SSSR count). The lowest BCUT2D eigenvalue weighted by molar-refractivity contribution is -0.138. The van der Waals surface area contributed by atoms with E-state index in [9.17, 15) is 19.8 Å². The van der Waals surface area contributed by atoms with Gasteiger partial charge in [0.25, 0.3) is 0 Å². The summed E-state index contributed by atoms with van der Waals surface area (Å²) >= 11 is 0. The molecule has 0 bridgehead atoms. The van der Waals surface area contributed by atoms with Crippen LogP contribution in [0.15, 0.2) is 12.7 Å². The maximum absolute atomic E-state index is 11.2. The Labute approximate surface area is 177 Å². The number of rotatable bonds is 8. The van der Waals surface area contributed by atoms with Crippen LogP contribution in [0.1, 0.15) is 12.6 Å². The Morgan fingerprint density at radius 1 is 1.29 bits per heavy atom. The molecule has 6 atom stereocenters. The van der Waals surface area contributed by atoms with Gasteiger partial charge in [-0.05, 0) is 12.7 Å². The van der Waals surface area contributed by atoms with E-state index in [-0.39, 0.29) is 29.4 Å². The molecule has 15 heteroatoms. The van der Waals surface area contributed by atoms with E-state index in [2.05, 4.69) is 15.0 Å². The monoisotopic (exact) mass is 460 g/mol. The van der Waals surface area contributed by atoms with Crippen LogP contribution < -0.4 is 11.5 Å². The number of nitrogens with two attached hydrogens (primary N) is 2. The lowest BCUT2D eigenvalue weighted by atomic mass is 10.1. The van der Waals surface area contributed by atoms with Crippen LogP contribution in [0.3, 0.4) is 0 Å². The number of aliphatic hydroxyl groups is 2. The van der Waals surface area contributed by atoms with Gasteiger partial charge in [-0.15, -0.1) is 0 Å². The van der Waals surface area contributed by atoms with E-state index >= 15 is 0 Å². The maximum Gasteiger partial charge on any atom is 0.516 e. The maximum atomic E-state index is 11.2. The van der Waals surface area contributed by atoms with Gasteiger partial charge in [-0.1, -0.05) is 10.3 Å². The summed E-state index contributed by atoms with van der Waals surface area (Å²) in [6.45, 7) is 0. The first kappa shape index (κ1) is 23.0. The summed E-state index contributed by atoms with van der Waals surface area (Å²) in [6, 6.07) is -1.19. The Kier molecular flexibility index (Phi) is 6.51.